The molecule has 33 heavy (non-hydrogen) atoms. The van der Waals surface area contributed by atoms with Crippen molar-refractivity contribution in [1.82, 2.24) is 30.5 Å². The highest BCUT2D eigenvalue weighted by Gasteiger charge is 2.26. The van der Waals surface area contributed by atoms with Crippen LogP contribution in [-0.4, -0.2) is 38.3 Å². The van der Waals surface area contributed by atoms with E-state index in [1.54, 1.807) is 0 Å². The average molecular weight is 464 g/mol. The van der Waals surface area contributed by atoms with E-state index in [4.69, 9.17) is 11.6 Å². The molecule has 2 heterocycles. The standard InChI is InChI=1S/C25H30ClN7/c1-25(2,3)33-24(30-31-32-33)23(18-9-5-4-6-10-18)29-15-8-7-14-27-21-13-16-28-22-17-19(26)11-12-20(21)22/h4-6,9-13,16-17,23,29H,7-8,14-15H2,1-3H3,(H,27,28). The Morgan fingerprint density at radius 3 is 2.58 bits per heavy atom. The lowest BCUT2D eigenvalue weighted by Gasteiger charge is -2.25. The molecule has 0 saturated carbocycles. The highest BCUT2D eigenvalue weighted by atomic mass is 35.5. The van der Waals surface area contributed by atoms with Crippen LogP contribution < -0.4 is 10.6 Å². The van der Waals surface area contributed by atoms with Crippen molar-refractivity contribution in [2.45, 2.75) is 45.2 Å². The van der Waals surface area contributed by atoms with Gasteiger partial charge in [-0.05, 0) is 80.4 Å². The van der Waals surface area contributed by atoms with Crippen LogP contribution in [0.5, 0.6) is 0 Å². The summed E-state index contributed by atoms with van der Waals surface area (Å²) in [4.78, 5) is 4.40. The maximum absolute atomic E-state index is 6.09. The molecule has 2 aromatic heterocycles. The molecule has 172 valence electrons. The molecule has 1 unspecified atom stereocenters. The molecule has 0 aliphatic heterocycles. The smallest absolute Gasteiger partial charge is 0.173 e. The minimum atomic E-state index is -0.199. The van der Waals surface area contributed by atoms with Crippen LogP contribution in [0.3, 0.4) is 0 Å². The van der Waals surface area contributed by atoms with Crippen LogP contribution in [0.25, 0.3) is 10.9 Å². The lowest BCUT2D eigenvalue weighted by molar-refractivity contribution is 0.325. The molecule has 2 aromatic carbocycles. The molecule has 8 heteroatoms. The lowest BCUT2D eigenvalue weighted by atomic mass is 10.0. The van der Waals surface area contributed by atoms with Crippen molar-refractivity contribution in [3.63, 3.8) is 0 Å². The highest BCUT2D eigenvalue weighted by molar-refractivity contribution is 6.31. The number of rotatable bonds is 9. The second-order valence-electron chi connectivity index (χ2n) is 9.07. The first kappa shape index (κ1) is 23.1. The number of aromatic nitrogens is 5. The number of tetrazole rings is 1. The van der Waals surface area contributed by atoms with E-state index in [0.29, 0.717) is 5.02 Å². The summed E-state index contributed by atoms with van der Waals surface area (Å²) in [6.45, 7) is 8.05. The Hall–Kier alpha value is -3.03. The second-order valence-corrected chi connectivity index (χ2v) is 9.51. The molecule has 2 N–H and O–H groups in total. The van der Waals surface area contributed by atoms with E-state index in [2.05, 4.69) is 64.0 Å². The van der Waals surface area contributed by atoms with Gasteiger partial charge in [0, 0.05) is 28.8 Å². The Balaban J connectivity index is 1.36. The van der Waals surface area contributed by atoms with Gasteiger partial charge < -0.3 is 10.6 Å². The number of halogens is 1. The summed E-state index contributed by atoms with van der Waals surface area (Å²) >= 11 is 6.09. The third-order valence-corrected chi connectivity index (χ3v) is 5.73. The normalized spacial score (nSPS) is 12.7. The van der Waals surface area contributed by atoms with Crippen molar-refractivity contribution in [1.29, 1.82) is 0 Å². The van der Waals surface area contributed by atoms with Gasteiger partial charge in [0.05, 0.1) is 17.1 Å². The SMILES string of the molecule is CC(C)(C)n1nnnc1C(NCCCCNc1ccnc2cc(Cl)ccc12)c1ccccc1. The number of unbranched alkanes of at least 4 members (excludes halogenated alkanes) is 1. The van der Waals surface area contributed by atoms with Crippen molar-refractivity contribution in [3.05, 3.63) is 77.2 Å². The Morgan fingerprint density at radius 1 is 1.00 bits per heavy atom. The van der Waals surface area contributed by atoms with Crippen LogP contribution in [0, 0.1) is 0 Å². The number of nitrogens with one attached hydrogen (secondary N) is 2. The predicted octanol–water partition coefficient (Wildman–Crippen LogP) is 5.20. The Kier molecular flexibility index (Phi) is 7.20. The van der Waals surface area contributed by atoms with E-state index in [1.165, 1.54) is 0 Å². The highest BCUT2D eigenvalue weighted by Crippen LogP contribution is 2.25. The fraction of sp³-hybridized carbons (Fsp3) is 0.360. The quantitative estimate of drug-likeness (QED) is 0.332. The Bertz CT molecular complexity index is 1180. The molecule has 0 fully saturated rings. The maximum atomic E-state index is 6.09. The lowest BCUT2D eigenvalue weighted by Crippen LogP contribution is -2.32. The second kappa shape index (κ2) is 10.3. The van der Waals surface area contributed by atoms with Gasteiger partial charge in [-0.1, -0.05) is 41.9 Å². The molecule has 0 bridgehead atoms. The molecule has 0 spiro atoms. The summed E-state index contributed by atoms with van der Waals surface area (Å²) in [6.07, 6.45) is 3.85. The number of pyridine rings is 1. The van der Waals surface area contributed by atoms with Crippen molar-refractivity contribution < 1.29 is 0 Å². The number of fused-ring (bicyclic) bond motifs is 1. The number of nitrogens with zero attached hydrogens (tertiary/aromatic N) is 5. The van der Waals surface area contributed by atoms with Crippen LogP contribution in [-0.2, 0) is 5.54 Å². The summed E-state index contributed by atoms with van der Waals surface area (Å²) in [5, 5.41) is 21.5. The zero-order valence-electron chi connectivity index (χ0n) is 19.3. The van der Waals surface area contributed by atoms with Crippen LogP contribution in [0.1, 0.15) is 51.0 Å². The van der Waals surface area contributed by atoms with Gasteiger partial charge in [0.25, 0.3) is 0 Å². The maximum Gasteiger partial charge on any atom is 0.173 e. The van der Waals surface area contributed by atoms with Crippen molar-refractivity contribution >= 4 is 28.2 Å². The van der Waals surface area contributed by atoms with Crippen LogP contribution in [0.15, 0.2) is 60.8 Å². The molecule has 0 saturated heterocycles. The predicted molar refractivity (Wildman–Crippen MR) is 134 cm³/mol. The zero-order chi connectivity index (χ0) is 23.3. The molecular formula is C25H30ClN7. The molecule has 0 aliphatic rings. The van der Waals surface area contributed by atoms with Crippen LogP contribution in [0.4, 0.5) is 5.69 Å². The topological polar surface area (TPSA) is 80.5 Å². The van der Waals surface area contributed by atoms with Crippen molar-refractivity contribution in [2.24, 2.45) is 0 Å². The largest absolute Gasteiger partial charge is 0.384 e. The molecule has 0 radical (unpaired) electrons. The van der Waals surface area contributed by atoms with E-state index in [9.17, 15) is 0 Å². The van der Waals surface area contributed by atoms with E-state index < -0.39 is 0 Å². The first-order valence-electron chi connectivity index (χ1n) is 11.3. The summed E-state index contributed by atoms with van der Waals surface area (Å²) in [5.74, 6) is 0.828. The van der Waals surface area contributed by atoms with Gasteiger partial charge in [-0.15, -0.1) is 5.10 Å². The van der Waals surface area contributed by atoms with Gasteiger partial charge >= 0.3 is 0 Å². The molecule has 0 amide bonds. The van der Waals surface area contributed by atoms with Crippen LogP contribution in [0.2, 0.25) is 5.02 Å². The molecule has 7 nitrogen and oxygen atoms in total. The molecule has 4 aromatic rings. The first-order valence-corrected chi connectivity index (χ1v) is 11.7. The Morgan fingerprint density at radius 2 is 1.79 bits per heavy atom. The molecule has 1 atom stereocenters. The van der Waals surface area contributed by atoms with E-state index in [1.807, 2.05) is 53.3 Å². The van der Waals surface area contributed by atoms with Gasteiger partial charge in [-0.3, -0.25) is 4.98 Å². The number of hydrogen-bond acceptors (Lipinski definition) is 6. The van der Waals surface area contributed by atoms with E-state index >= 15 is 0 Å². The number of benzene rings is 2. The van der Waals surface area contributed by atoms with E-state index in [-0.39, 0.29) is 11.6 Å². The summed E-state index contributed by atoms with van der Waals surface area (Å²) < 4.78 is 1.90. The van der Waals surface area contributed by atoms with Gasteiger partial charge in [0.1, 0.15) is 0 Å². The number of anilines is 1. The molecule has 0 aliphatic carbocycles. The number of hydrogen-bond donors (Lipinski definition) is 2. The molecule has 4 rings (SSSR count). The monoisotopic (exact) mass is 463 g/mol. The van der Waals surface area contributed by atoms with Crippen molar-refractivity contribution in [3.8, 4) is 0 Å². The van der Waals surface area contributed by atoms with Gasteiger partial charge in [0.2, 0.25) is 0 Å². The third kappa shape index (κ3) is 5.67. The molecular weight excluding hydrogens is 434 g/mol. The summed E-state index contributed by atoms with van der Waals surface area (Å²) in [6, 6.07) is 18.1. The average Bonchev–Trinajstić information content (AvgIpc) is 3.29. The summed E-state index contributed by atoms with van der Waals surface area (Å²) in [5.41, 5.74) is 2.93. The van der Waals surface area contributed by atoms with Gasteiger partial charge in [-0.25, -0.2) is 4.68 Å². The third-order valence-electron chi connectivity index (χ3n) is 5.49. The minimum absolute atomic E-state index is 0.0673. The minimum Gasteiger partial charge on any atom is -0.384 e. The van der Waals surface area contributed by atoms with Gasteiger partial charge in [0.15, 0.2) is 5.82 Å². The van der Waals surface area contributed by atoms with Crippen molar-refractivity contribution in [2.75, 3.05) is 18.4 Å². The first-order chi connectivity index (χ1) is 15.9. The summed E-state index contributed by atoms with van der Waals surface area (Å²) in [7, 11) is 0. The Labute approximate surface area is 199 Å². The van der Waals surface area contributed by atoms with E-state index in [0.717, 1.165) is 53.9 Å². The van der Waals surface area contributed by atoms with Gasteiger partial charge in [-0.2, -0.15) is 0 Å². The fourth-order valence-electron chi connectivity index (χ4n) is 3.85. The fourth-order valence-corrected chi connectivity index (χ4v) is 4.02. The zero-order valence-corrected chi connectivity index (χ0v) is 20.0. The van der Waals surface area contributed by atoms with Crippen LogP contribution >= 0.6 is 11.6 Å².